The Hall–Kier alpha value is -2.42. The number of nitrogens with zero attached hydrogens (tertiary/aromatic N) is 3. The quantitative estimate of drug-likeness (QED) is 0.903. The summed E-state index contributed by atoms with van der Waals surface area (Å²) in [5, 5.41) is 6.82. The fourth-order valence-corrected chi connectivity index (χ4v) is 3.66. The van der Waals surface area contributed by atoms with Crippen LogP contribution >= 0.6 is 0 Å². The maximum Gasteiger partial charge on any atom is 0.321 e. The molecule has 24 heavy (non-hydrogen) atoms. The van der Waals surface area contributed by atoms with Crippen LogP contribution in [-0.4, -0.2) is 53.7 Å². The fraction of sp³-hybridized carbons (Fsp3) is 0.333. The summed E-state index contributed by atoms with van der Waals surface area (Å²) >= 11 is 0. The number of amides is 2. The number of urea groups is 1. The number of rotatable bonds is 3. The molecule has 1 N–H and O–H groups in total. The molecule has 1 aromatic carbocycles. The van der Waals surface area contributed by atoms with Crippen LogP contribution in [0.4, 0.5) is 14.9 Å². The minimum absolute atomic E-state index is 0.0146. The Bertz CT molecular complexity index is 836. The van der Waals surface area contributed by atoms with Gasteiger partial charge in [-0.15, -0.1) is 0 Å². The molecule has 1 aliphatic rings. The number of halogens is 1. The van der Waals surface area contributed by atoms with Crippen LogP contribution in [0, 0.1) is 5.82 Å². The Kier molecular flexibility index (Phi) is 4.52. The number of carbonyl (C=O) groups excluding carboxylic acids is 1. The first-order chi connectivity index (χ1) is 11.4. The molecule has 9 heteroatoms. The Balaban J connectivity index is 1.59. The number of sulfone groups is 1. The molecule has 128 valence electrons. The number of benzene rings is 1. The van der Waals surface area contributed by atoms with E-state index in [2.05, 4.69) is 10.4 Å². The van der Waals surface area contributed by atoms with E-state index in [-0.39, 0.29) is 36.4 Å². The van der Waals surface area contributed by atoms with Gasteiger partial charge in [0.15, 0.2) is 9.84 Å². The van der Waals surface area contributed by atoms with Crippen molar-refractivity contribution in [1.82, 2.24) is 14.7 Å². The topological polar surface area (TPSA) is 84.3 Å². The highest BCUT2D eigenvalue weighted by Crippen LogP contribution is 2.11. The first-order valence-electron chi connectivity index (χ1n) is 7.44. The van der Waals surface area contributed by atoms with E-state index in [1.165, 1.54) is 23.2 Å². The fourth-order valence-electron chi connectivity index (χ4n) is 2.46. The predicted molar refractivity (Wildman–Crippen MR) is 87.0 cm³/mol. The van der Waals surface area contributed by atoms with Crippen LogP contribution in [0.5, 0.6) is 0 Å². The monoisotopic (exact) mass is 352 g/mol. The molecule has 0 saturated carbocycles. The highest BCUT2D eigenvalue weighted by molar-refractivity contribution is 7.91. The normalized spacial score (nSPS) is 16.8. The molecular weight excluding hydrogens is 335 g/mol. The highest BCUT2D eigenvalue weighted by atomic mass is 32.2. The third kappa shape index (κ3) is 4.10. The molecule has 2 amide bonds. The van der Waals surface area contributed by atoms with Gasteiger partial charge in [-0.1, -0.05) is 12.1 Å². The minimum Gasteiger partial charge on any atom is -0.322 e. The maximum absolute atomic E-state index is 13.2. The zero-order chi connectivity index (χ0) is 17.2. The van der Waals surface area contributed by atoms with Gasteiger partial charge in [-0.05, 0) is 17.7 Å². The molecule has 0 atom stereocenters. The summed E-state index contributed by atoms with van der Waals surface area (Å²) in [5.74, 6) is -0.341. The van der Waals surface area contributed by atoms with Gasteiger partial charge in [0.05, 0.1) is 29.9 Å². The van der Waals surface area contributed by atoms with E-state index in [0.717, 1.165) is 5.56 Å². The van der Waals surface area contributed by atoms with E-state index in [1.54, 1.807) is 23.0 Å². The molecule has 1 fully saturated rings. The lowest BCUT2D eigenvalue weighted by molar-refractivity contribution is 0.216. The molecule has 7 nitrogen and oxygen atoms in total. The summed E-state index contributed by atoms with van der Waals surface area (Å²) < 4.78 is 37.5. The standard InChI is InChI=1S/C15H17FN4O3S/c16-13-3-1-2-12(8-13)10-20-11-14(9-17-20)18-15(21)19-4-6-24(22,23)7-5-19/h1-3,8-9,11H,4-7,10H2,(H,18,21). The summed E-state index contributed by atoms with van der Waals surface area (Å²) in [6.07, 6.45) is 3.14. The number of anilines is 1. The summed E-state index contributed by atoms with van der Waals surface area (Å²) in [6.45, 7) is 0.757. The molecule has 2 aromatic rings. The van der Waals surface area contributed by atoms with Crippen molar-refractivity contribution in [2.75, 3.05) is 29.9 Å². The van der Waals surface area contributed by atoms with Gasteiger partial charge in [0.2, 0.25) is 0 Å². The molecule has 0 spiro atoms. The second-order valence-corrected chi connectivity index (χ2v) is 7.93. The van der Waals surface area contributed by atoms with Crippen LogP contribution in [0.2, 0.25) is 0 Å². The van der Waals surface area contributed by atoms with Gasteiger partial charge < -0.3 is 10.2 Å². The van der Waals surface area contributed by atoms with Gasteiger partial charge >= 0.3 is 6.03 Å². The molecule has 2 heterocycles. The largest absolute Gasteiger partial charge is 0.322 e. The Labute approximate surface area is 139 Å². The van der Waals surface area contributed by atoms with Crippen LogP contribution in [0.1, 0.15) is 5.56 Å². The van der Waals surface area contributed by atoms with Gasteiger partial charge in [0.25, 0.3) is 0 Å². The first kappa shape index (κ1) is 16.4. The summed E-state index contributed by atoms with van der Waals surface area (Å²) in [5.41, 5.74) is 1.27. The van der Waals surface area contributed by atoms with Crippen molar-refractivity contribution < 1.29 is 17.6 Å². The first-order valence-corrected chi connectivity index (χ1v) is 9.27. The van der Waals surface area contributed by atoms with Crippen molar-refractivity contribution in [1.29, 1.82) is 0 Å². The average Bonchev–Trinajstić information content (AvgIpc) is 2.94. The van der Waals surface area contributed by atoms with Crippen molar-refractivity contribution in [2.24, 2.45) is 0 Å². The third-order valence-corrected chi connectivity index (χ3v) is 5.36. The zero-order valence-electron chi connectivity index (χ0n) is 12.9. The second-order valence-electron chi connectivity index (χ2n) is 5.63. The van der Waals surface area contributed by atoms with Crippen LogP contribution in [0.15, 0.2) is 36.7 Å². The van der Waals surface area contributed by atoms with Crippen LogP contribution < -0.4 is 5.32 Å². The summed E-state index contributed by atoms with van der Waals surface area (Å²) in [4.78, 5) is 13.6. The van der Waals surface area contributed by atoms with E-state index in [1.807, 2.05) is 0 Å². The summed E-state index contributed by atoms with van der Waals surface area (Å²) in [6, 6.07) is 5.86. The van der Waals surface area contributed by atoms with E-state index < -0.39 is 9.84 Å². The molecule has 1 saturated heterocycles. The molecule has 1 aliphatic heterocycles. The lowest BCUT2D eigenvalue weighted by Crippen LogP contribution is -2.45. The molecule has 0 unspecified atom stereocenters. The number of hydrogen-bond donors (Lipinski definition) is 1. The Morgan fingerprint density at radius 3 is 2.75 bits per heavy atom. The third-order valence-electron chi connectivity index (χ3n) is 3.75. The number of hydrogen-bond acceptors (Lipinski definition) is 4. The SMILES string of the molecule is O=C(Nc1cnn(Cc2cccc(F)c2)c1)N1CCS(=O)(=O)CC1. The average molecular weight is 352 g/mol. The molecular formula is C15H17FN4O3S. The van der Waals surface area contributed by atoms with Crippen molar-refractivity contribution in [2.45, 2.75) is 6.54 Å². The molecule has 1 aromatic heterocycles. The lowest BCUT2D eigenvalue weighted by Gasteiger charge is -2.26. The molecule has 3 rings (SSSR count). The Morgan fingerprint density at radius 1 is 1.29 bits per heavy atom. The van der Waals surface area contributed by atoms with Gasteiger partial charge in [-0.2, -0.15) is 5.10 Å². The second kappa shape index (κ2) is 6.60. The molecule has 0 radical (unpaired) electrons. The van der Waals surface area contributed by atoms with Gasteiger partial charge in [0.1, 0.15) is 5.82 Å². The minimum atomic E-state index is -3.02. The smallest absolute Gasteiger partial charge is 0.321 e. The van der Waals surface area contributed by atoms with Crippen molar-refractivity contribution >= 4 is 21.6 Å². The van der Waals surface area contributed by atoms with E-state index in [4.69, 9.17) is 0 Å². The van der Waals surface area contributed by atoms with E-state index in [9.17, 15) is 17.6 Å². The number of nitrogens with one attached hydrogen (secondary N) is 1. The van der Waals surface area contributed by atoms with Crippen LogP contribution in [0.3, 0.4) is 0 Å². The van der Waals surface area contributed by atoms with E-state index >= 15 is 0 Å². The van der Waals surface area contributed by atoms with Gasteiger partial charge in [-0.3, -0.25) is 4.68 Å². The van der Waals surface area contributed by atoms with Crippen molar-refractivity contribution in [3.05, 3.63) is 48.0 Å². The highest BCUT2D eigenvalue weighted by Gasteiger charge is 2.25. The predicted octanol–water partition coefficient (Wildman–Crippen LogP) is 1.33. The van der Waals surface area contributed by atoms with Crippen molar-refractivity contribution in [3.63, 3.8) is 0 Å². The molecule has 0 bridgehead atoms. The Morgan fingerprint density at radius 2 is 2.04 bits per heavy atom. The molecule has 0 aliphatic carbocycles. The zero-order valence-corrected chi connectivity index (χ0v) is 13.7. The number of carbonyl (C=O) groups is 1. The summed E-state index contributed by atoms with van der Waals surface area (Å²) in [7, 11) is -3.02. The van der Waals surface area contributed by atoms with Crippen LogP contribution in [0.25, 0.3) is 0 Å². The van der Waals surface area contributed by atoms with Crippen molar-refractivity contribution in [3.8, 4) is 0 Å². The van der Waals surface area contributed by atoms with E-state index in [0.29, 0.717) is 12.2 Å². The van der Waals surface area contributed by atoms with Crippen LogP contribution in [-0.2, 0) is 16.4 Å². The van der Waals surface area contributed by atoms with Gasteiger partial charge in [0, 0.05) is 19.3 Å². The maximum atomic E-state index is 13.2. The number of aromatic nitrogens is 2. The lowest BCUT2D eigenvalue weighted by atomic mass is 10.2. The van der Waals surface area contributed by atoms with Gasteiger partial charge in [-0.25, -0.2) is 17.6 Å².